The molecule has 0 unspecified atom stereocenters. The molecule has 0 amide bonds. The Morgan fingerprint density at radius 3 is 2.50 bits per heavy atom. The third kappa shape index (κ3) is 2.59. The average Bonchev–Trinajstić information content (AvgIpc) is 2.88. The summed E-state index contributed by atoms with van der Waals surface area (Å²) in [7, 11) is 0. The Morgan fingerprint density at radius 2 is 2.00 bits per heavy atom. The highest BCUT2D eigenvalue weighted by molar-refractivity contribution is 5.29. The zero-order valence-electron chi connectivity index (χ0n) is 11.0. The van der Waals surface area contributed by atoms with Crippen LogP contribution in [-0.4, -0.2) is 19.9 Å². The van der Waals surface area contributed by atoms with Crippen LogP contribution in [0, 0.1) is 0 Å². The molecular formula is C14H19N3O. The normalized spacial score (nSPS) is 12.9. The van der Waals surface area contributed by atoms with Crippen molar-refractivity contribution >= 4 is 0 Å². The summed E-state index contributed by atoms with van der Waals surface area (Å²) in [6, 6.07) is 5.79. The molecule has 0 bridgehead atoms. The molecule has 1 N–H and O–H groups in total. The highest BCUT2D eigenvalue weighted by Crippen LogP contribution is 2.16. The SMILES string of the molecule is CC[C@H](O)c1ccc(-n2ccc(C(C)C)n2)cn1. The maximum Gasteiger partial charge on any atom is 0.0957 e. The number of rotatable bonds is 4. The van der Waals surface area contributed by atoms with E-state index in [2.05, 4.69) is 23.9 Å². The van der Waals surface area contributed by atoms with Crippen molar-refractivity contribution in [3.8, 4) is 5.69 Å². The van der Waals surface area contributed by atoms with E-state index in [-0.39, 0.29) is 0 Å². The molecule has 2 rings (SSSR count). The monoisotopic (exact) mass is 245 g/mol. The molecular weight excluding hydrogens is 226 g/mol. The number of hydrogen-bond donors (Lipinski definition) is 1. The summed E-state index contributed by atoms with van der Waals surface area (Å²) in [5.41, 5.74) is 2.68. The number of nitrogens with zero attached hydrogens (tertiary/aromatic N) is 3. The van der Waals surface area contributed by atoms with Crippen LogP contribution in [-0.2, 0) is 0 Å². The van der Waals surface area contributed by atoms with Gasteiger partial charge in [-0.15, -0.1) is 0 Å². The van der Waals surface area contributed by atoms with E-state index in [1.165, 1.54) is 0 Å². The molecule has 0 saturated heterocycles. The molecule has 1 atom stereocenters. The third-order valence-electron chi connectivity index (χ3n) is 2.96. The minimum Gasteiger partial charge on any atom is -0.387 e. The Bertz CT molecular complexity index is 502. The molecule has 4 nitrogen and oxygen atoms in total. The second kappa shape index (κ2) is 5.31. The molecule has 96 valence electrons. The summed E-state index contributed by atoms with van der Waals surface area (Å²) in [4.78, 5) is 4.27. The zero-order valence-corrected chi connectivity index (χ0v) is 11.0. The molecule has 0 radical (unpaired) electrons. The predicted molar refractivity (Wildman–Crippen MR) is 70.7 cm³/mol. The Kier molecular flexibility index (Phi) is 3.77. The van der Waals surface area contributed by atoms with Crippen molar-refractivity contribution in [1.29, 1.82) is 0 Å². The standard InChI is InChI=1S/C14H19N3O/c1-4-14(18)13-6-5-11(9-15-13)17-8-7-12(16-17)10(2)3/h5-10,14,18H,4H2,1-3H3/t14-/m0/s1. The van der Waals surface area contributed by atoms with Gasteiger partial charge in [-0.2, -0.15) is 5.10 Å². The predicted octanol–water partition coefficient (Wildman–Crippen LogP) is 2.83. The van der Waals surface area contributed by atoms with Crippen LogP contribution in [0.5, 0.6) is 0 Å². The van der Waals surface area contributed by atoms with Crippen LogP contribution in [0.2, 0.25) is 0 Å². The van der Waals surface area contributed by atoms with Gasteiger partial charge in [-0.05, 0) is 30.5 Å². The molecule has 0 aliphatic rings. The first-order valence-corrected chi connectivity index (χ1v) is 6.31. The van der Waals surface area contributed by atoms with Gasteiger partial charge in [-0.3, -0.25) is 4.98 Å². The van der Waals surface area contributed by atoms with E-state index in [9.17, 15) is 5.11 Å². The van der Waals surface area contributed by atoms with Crippen LogP contribution in [0.1, 0.15) is 50.6 Å². The molecule has 18 heavy (non-hydrogen) atoms. The number of aliphatic hydroxyl groups is 1. The molecule has 0 aromatic carbocycles. The van der Waals surface area contributed by atoms with Crippen molar-refractivity contribution in [2.75, 3.05) is 0 Å². The fraction of sp³-hybridized carbons (Fsp3) is 0.429. The van der Waals surface area contributed by atoms with E-state index >= 15 is 0 Å². The number of aliphatic hydroxyl groups excluding tert-OH is 1. The third-order valence-corrected chi connectivity index (χ3v) is 2.96. The maximum absolute atomic E-state index is 9.68. The summed E-state index contributed by atoms with van der Waals surface area (Å²) >= 11 is 0. The number of hydrogen-bond acceptors (Lipinski definition) is 3. The first kappa shape index (κ1) is 12.8. The number of aromatic nitrogens is 3. The molecule has 0 aliphatic heterocycles. The Labute approximate surface area is 107 Å². The molecule has 0 aliphatic carbocycles. The zero-order chi connectivity index (χ0) is 13.1. The minimum absolute atomic E-state index is 0.417. The van der Waals surface area contributed by atoms with Crippen molar-refractivity contribution in [2.24, 2.45) is 0 Å². The molecule has 0 saturated carbocycles. The van der Waals surface area contributed by atoms with Gasteiger partial charge >= 0.3 is 0 Å². The fourth-order valence-corrected chi connectivity index (χ4v) is 1.73. The van der Waals surface area contributed by atoms with Gasteiger partial charge in [0.1, 0.15) is 0 Å². The smallest absolute Gasteiger partial charge is 0.0957 e. The van der Waals surface area contributed by atoms with Gasteiger partial charge in [0, 0.05) is 6.20 Å². The van der Waals surface area contributed by atoms with Crippen LogP contribution in [0.4, 0.5) is 0 Å². The summed E-state index contributed by atoms with van der Waals surface area (Å²) in [6.07, 6.45) is 3.86. The van der Waals surface area contributed by atoms with E-state index in [1.807, 2.05) is 36.0 Å². The lowest BCUT2D eigenvalue weighted by atomic mass is 10.1. The summed E-state index contributed by atoms with van der Waals surface area (Å²) in [6.45, 7) is 6.17. The van der Waals surface area contributed by atoms with Crippen LogP contribution in [0.15, 0.2) is 30.6 Å². The summed E-state index contributed by atoms with van der Waals surface area (Å²) in [5.74, 6) is 0.417. The molecule has 2 aromatic heterocycles. The lowest BCUT2D eigenvalue weighted by Crippen LogP contribution is -2.02. The van der Waals surface area contributed by atoms with E-state index in [0.717, 1.165) is 11.4 Å². The first-order valence-electron chi connectivity index (χ1n) is 6.31. The van der Waals surface area contributed by atoms with E-state index in [0.29, 0.717) is 18.0 Å². The van der Waals surface area contributed by atoms with E-state index < -0.39 is 6.10 Å². The molecule has 4 heteroatoms. The van der Waals surface area contributed by atoms with E-state index in [4.69, 9.17) is 0 Å². The largest absolute Gasteiger partial charge is 0.387 e. The minimum atomic E-state index is -0.483. The van der Waals surface area contributed by atoms with Crippen LogP contribution in [0.3, 0.4) is 0 Å². The van der Waals surface area contributed by atoms with Gasteiger partial charge in [0.05, 0.1) is 29.4 Å². The maximum atomic E-state index is 9.68. The topological polar surface area (TPSA) is 50.9 Å². The van der Waals surface area contributed by atoms with Crippen molar-refractivity contribution in [3.63, 3.8) is 0 Å². The first-order chi connectivity index (χ1) is 8.61. The lowest BCUT2D eigenvalue weighted by Gasteiger charge is -2.08. The fourth-order valence-electron chi connectivity index (χ4n) is 1.73. The Hall–Kier alpha value is -1.68. The van der Waals surface area contributed by atoms with Gasteiger partial charge in [-0.1, -0.05) is 20.8 Å². The average molecular weight is 245 g/mol. The molecule has 2 aromatic rings. The summed E-state index contributed by atoms with van der Waals surface area (Å²) < 4.78 is 1.81. The van der Waals surface area contributed by atoms with Crippen molar-refractivity contribution < 1.29 is 5.11 Å². The lowest BCUT2D eigenvalue weighted by molar-refractivity contribution is 0.169. The van der Waals surface area contributed by atoms with E-state index in [1.54, 1.807) is 6.20 Å². The quantitative estimate of drug-likeness (QED) is 0.901. The van der Waals surface area contributed by atoms with Gasteiger partial charge < -0.3 is 5.11 Å². The molecule has 2 heterocycles. The number of pyridine rings is 1. The Balaban J connectivity index is 2.23. The van der Waals surface area contributed by atoms with Crippen LogP contribution >= 0.6 is 0 Å². The van der Waals surface area contributed by atoms with Gasteiger partial charge in [0.2, 0.25) is 0 Å². The second-order valence-corrected chi connectivity index (χ2v) is 4.71. The van der Waals surface area contributed by atoms with Gasteiger partial charge in [-0.25, -0.2) is 4.68 Å². The van der Waals surface area contributed by atoms with Crippen molar-refractivity contribution in [1.82, 2.24) is 14.8 Å². The van der Waals surface area contributed by atoms with Crippen LogP contribution < -0.4 is 0 Å². The molecule has 0 fully saturated rings. The second-order valence-electron chi connectivity index (χ2n) is 4.71. The van der Waals surface area contributed by atoms with Gasteiger partial charge in [0.25, 0.3) is 0 Å². The van der Waals surface area contributed by atoms with Gasteiger partial charge in [0.15, 0.2) is 0 Å². The Morgan fingerprint density at radius 1 is 1.22 bits per heavy atom. The van der Waals surface area contributed by atoms with Crippen LogP contribution in [0.25, 0.3) is 5.69 Å². The highest BCUT2D eigenvalue weighted by Gasteiger charge is 2.08. The van der Waals surface area contributed by atoms with Crippen molar-refractivity contribution in [3.05, 3.63) is 42.0 Å². The molecule has 0 spiro atoms. The van der Waals surface area contributed by atoms with Crippen molar-refractivity contribution in [2.45, 2.75) is 39.2 Å². The highest BCUT2D eigenvalue weighted by atomic mass is 16.3. The summed E-state index contributed by atoms with van der Waals surface area (Å²) in [5, 5.41) is 14.2.